The molecule has 0 saturated carbocycles. The average molecular weight is 370 g/mol. The number of anilines is 1. The van der Waals surface area contributed by atoms with Gasteiger partial charge < -0.3 is 4.90 Å². The van der Waals surface area contributed by atoms with Crippen LogP contribution in [0.4, 0.5) is 10.6 Å². The van der Waals surface area contributed by atoms with Crippen molar-refractivity contribution in [3.8, 4) is 0 Å². The highest BCUT2D eigenvalue weighted by atomic mass is 32.1. The maximum absolute atomic E-state index is 12.8. The van der Waals surface area contributed by atoms with Crippen molar-refractivity contribution in [2.75, 3.05) is 5.32 Å². The molecule has 26 heavy (non-hydrogen) atoms. The van der Waals surface area contributed by atoms with E-state index in [0.717, 1.165) is 10.6 Å². The minimum atomic E-state index is -0.223. The number of pyridine rings is 1. The minimum Gasteiger partial charge on any atom is -0.313 e. The van der Waals surface area contributed by atoms with Crippen LogP contribution in [0.25, 0.3) is 0 Å². The van der Waals surface area contributed by atoms with Gasteiger partial charge in [0.15, 0.2) is 5.82 Å². The summed E-state index contributed by atoms with van der Waals surface area (Å²) in [6.07, 6.45) is 3.47. The van der Waals surface area contributed by atoms with Crippen LogP contribution >= 0.6 is 11.3 Å². The van der Waals surface area contributed by atoms with Gasteiger partial charge in [0, 0.05) is 17.1 Å². The predicted molar refractivity (Wildman–Crippen MR) is 102 cm³/mol. The zero-order valence-electron chi connectivity index (χ0n) is 15.1. The number of rotatable bonds is 6. The van der Waals surface area contributed by atoms with Gasteiger partial charge in [0.2, 0.25) is 0 Å². The zero-order chi connectivity index (χ0) is 18.5. The van der Waals surface area contributed by atoms with E-state index in [1.807, 2.05) is 37.4 Å². The maximum atomic E-state index is 12.8. The van der Waals surface area contributed by atoms with Crippen LogP contribution < -0.4 is 5.32 Å². The number of carbonyl (C=O) groups excluding carboxylic acids is 1. The van der Waals surface area contributed by atoms with Crippen LogP contribution in [0.1, 0.15) is 36.0 Å². The summed E-state index contributed by atoms with van der Waals surface area (Å²) in [5.41, 5.74) is 2.02. The molecule has 3 aromatic heterocycles. The SMILES string of the molecule is Cc1ccsc1CN(Cc1ccccn1)C(=O)Nc1cn(C(C)C)nn1. The number of thiophene rings is 1. The quantitative estimate of drug-likeness (QED) is 0.715. The molecule has 0 bridgehead atoms. The molecule has 0 unspecified atom stereocenters. The minimum absolute atomic E-state index is 0.187. The van der Waals surface area contributed by atoms with Gasteiger partial charge in [-0.2, -0.15) is 0 Å². The molecule has 0 aliphatic heterocycles. The Morgan fingerprint density at radius 3 is 2.77 bits per heavy atom. The standard InChI is InChI=1S/C18H22N6OS/c1-13(2)24-12-17(21-22-24)20-18(25)23(10-15-6-4-5-8-19-15)11-16-14(3)7-9-26-16/h4-9,12-13H,10-11H2,1-3H3,(H,20,25). The molecule has 0 aromatic carbocycles. The van der Waals surface area contributed by atoms with Crippen molar-refractivity contribution in [3.63, 3.8) is 0 Å². The van der Waals surface area contributed by atoms with Gasteiger partial charge in [0.25, 0.3) is 0 Å². The highest BCUT2D eigenvalue weighted by molar-refractivity contribution is 7.10. The smallest absolute Gasteiger partial charge is 0.313 e. The lowest BCUT2D eigenvalue weighted by Crippen LogP contribution is -2.34. The van der Waals surface area contributed by atoms with Crippen molar-refractivity contribution in [1.82, 2.24) is 24.9 Å². The summed E-state index contributed by atoms with van der Waals surface area (Å²) in [4.78, 5) is 20.1. The fourth-order valence-corrected chi connectivity index (χ4v) is 3.32. The lowest BCUT2D eigenvalue weighted by Gasteiger charge is -2.22. The molecule has 0 saturated heterocycles. The van der Waals surface area contributed by atoms with E-state index < -0.39 is 0 Å². The molecule has 3 aromatic rings. The largest absolute Gasteiger partial charge is 0.323 e. The van der Waals surface area contributed by atoms with Crippen molar-refractivity contribution in [2.45, 2.75) is 39.9 Å². The Morgan fingerprint density at radius 1 is 1.31 bits per heavy atom. The van der Waals surface area contributed by atoms with E-state index >= 15 is 0 Å². The Balaban J connectivity index is 1.76. The average Bonchev–Trinajstić information content (AvgIpc) is 3.25. The van der Waals surface area contributed by atoms with Gasteiger partial charge in [-0.05, 0) is 49.9 Å². The molecule has 3 heterocycles. The van der Waals surface area contributed by atoms with Gasteiger partial charge >= 0.3 is 6.03 Å². The number of hydrogen-bond donors (Lipinski definition) is 1. The third kappa shape index (κ3) is 4.45. The fourth-order valence-electron chi connectivity index (χ4n) is 2.40. The highest BCUT2D eigenvalue weighted by Gasteiger charge is 2.18. The van der Waals surface area contributed by atoms with Crippen molar-refractivity contribution in [1.29, 1.82) is 0 Å². The number of nitrogens with zero attached hydrogens (tertiary/aromatic N) is 5. The number of aryl methyl sites for hydroxylation is 1. The number of aromatic nitrogens is 4. The molecule has 0 spiro atoms. The normalized spacial score (nSPS) is 10.9. The van der Waals surface area contributed by atoms with Crippen LogP contribution in [-0.4, -0.2) is 30.9 Å². The number of nitrogens with one attached hydrogen (secondary N) is 1. The third-order valence-electron chi connectivity index (χ3n) is 3.94. The highest BCUT2D eigenvalue weighted by Crippen LogP contribution is 2.20. The van der Waals surface area contributed by atoms with E-state index in [1.165, 1.54) is 5.56 Å². The first-order chi connectivity index (χ1) is 12.5. The fraction of sp³-hybridized carbons (Fsp3) is 0.333. The summed E-state index contributed by atoms with van der Waals surface area (Å²) in [6, 6.07) is 7.72. The summed E-state index contributed by atoms with van der Waals surface area (Å²) in [6.45, 7) is 7.00. The molecule has 3 rings (SSSR count). The molecule has 0 atom stereocenters. The number of hydrogen-bond acceptors (Lipinski definition) is 5. The van der Waals surface area contributed by atoms with Crippen LogP contribution in [0.3, 0.4) is 0 Å². The Labute approximate surface area is 156 Å². The van der Waals surface area contributed by atoms with Crippen LogP contribution in [0, 0.1) is 6.92 Å². The molecular formula is C18H22N6OS. The Kier molecular flexibility index (Phi) is 5.62. The van der Waals surface area contributed by atoms with E-state index in [2.05, 4.69) is 33.6 Å². The number of urea groups is 1. The monoisotopic (exact) mass is 370 g/mol. The first-order valence-electron chi connectivity index (χ1n) is 8.43. The lowest BCUT2D eigenvalue weighted by molar-refractivity contribution is 0.206. The van der Waals surface area contributed by atoms with E-state index in [0.29, 0.717) is 18.9 Å². The van der Waals surface area contributed by atoms with Gasteiger partial charge in [-0.3, -0.25) is 10.3 Å². The second kappa shape index (κ2) is 8.09. The molecular weight excluding hydrogens is 348 g/mol. The second-order valence-electron chi connectivity index (χ2n) is 6.31. The van der Waals surface area contributed by atoms with Crippen molar-refractivity contribution in [2.24, 2.45) is 0 Å². The first-order valence-corrected chi connectivity index (χ1v) is 9.31. The maximum Gasteiger partial charge on any atom is 0.323 e. The van der Waals surface area contributed by atoms with Crippen LogP contribution in [0.15, 0.2) is 42.0 Å². The molecule has 2 amide bonds. The molecule has 136 valence electrons. The van der Waals surface area contributed by atoms with Gasteiger partial charge in [-0.25, -0.2) is 9.48 Å². The van der Waals surface area contributed by atoms with Gasteiger partial charge in [-0.1, -0.05) is 11.3 Å². The van der Waals surface area contributed by atoms with E-state index in [9.17, 15) is 4.79 Å². The third-order valence-corrected chi connectivity index (χ3v) is 4.95. The summed E-state index contributed by atoms with van der Waals surface area (Å²) < 4.78 is 1.71. The van der Waals surface area contributed by atoms with Crippen molar-refractivity contribution < 1.29 is 4.79 Å². The van der Waals surface area contributed by atoms with Crippen molar-refractivity contribution in [3.05, 3.63) is 58.2 Å². The molecule has 0 radical (unpaired) electrons. The molecule has 0 aliphatic rings. The van der Waals surface area contributed by atoms with Crippen LogP contribution in [0.2, 0.25) is 0 Å². The second-order valence-corrected chi connectivity index (χ2v) is 7.31. The Hall–Kier alpha value is -2.74. The van der Waals surface area contributed by atoms with Crippen molar-refractivity contribution >= 4 is 23.2 Å². The zero-order valence-corrected chi connectivity index (χ0v) is 15.9. The van der Waals surface area contributed by atoms with Gasteiger partial charge in [-0.15, -0.1) is 16.4 Å². The molecule has 1 N–H and O–H groups in total. The van der Waals surface area contributed by atoms with E-state index in [1.54, 1.807) is 33.3 Å². The molecule has 8 heteroatoms. The first kappa shape index (κ1) is 18.1. The number of carbonyl (C=O) groups is 1. The Morgan fingerprint density at radius 2 is 2.15 bits per heavy atom. The topological polar surface area (TPSA) is 75.9 Å². The predicted octanol–water partition coefficient (Wildman–Crippen LogP) is 3.86. The number of amides is 2. The summed E-state index contributed by atoms with van der Waals surface area (Å²) >= 11 is 1.65. The summed E-state index contributed by atoms with van der Waals surface area (Å²) in [5.74, 6) is 0.442. The molecule has 0 fully saturated rings. The lowest BCUT2D eigenvalue weighted by atomic mass is 10.2. The van der Waals surface area contributed by atoms with E-state index in [4.69, 9.17) is 0 Å². The summed E-state index contributed by atoms with van der Waals surface area (Å²) in [5, 5.41) is 12.9. The van der Waals surface area contributed by atoms with Crippen LogP contribution in [0.5, 0.6) is 0 Å². The van der Waals surface area contributed by atoms with Gasteiger partial charge in [0.1, 0.15) is 0 Å². The van der Waals surface area contributed by atoms with Gasteiger partial charge in [0.05, 0.1) is 25.0 Å². The van der Waals surface area contributed by atoms with E-state index in [-0.39, 0.29) is 12.1 Å². The van der Waals surface area contributed by atoms with Crippen LogP contribution in [-0.2, 0) is 13.1 Å². The summed E-state index contributed by atoms with van der Waals surface area (Å²) in [7, 11) is 0. The Bertz CT molecular complexity index is 857. The molecule has 0 aliphatic carbocycles. The molecule has 7 nitrogen and oxygen atoms in total.